The molecule has 3 aromatic heterocycles. The van der Waals surface area contributed by atoms with Crippen LogP contribution in [-0.4, -0.2) is 28.9 Å². The molecule has 23 heavy (non-hydrogen) atoms. The average molecular weight is 307 g/mol. The molecule has 5 nitrogen and oxygen atoms in total. The van der Waals surface area contributed by atoms with Crippen LogP contribution in [0.1, 0.15) is 5.56 Å². The fourth-order valence-electron chi connectivity index (χ4n) is 2.26. The van der Waals surface area contributed by atoms with Gasteiger partial charge in [0.15, 0.2) is 0 Å². The third kappa shape index (κ3) is 3.97. The van der Waals surface area contributed by atoms with Gasteiger partial charge >= 0.3 is 0 Å². The molecular formula is C18H17N3O2. The van der Waals surface area contributed by atoms with Crippen molar-refractivity contribution in [1.29, 1.82) is 0 Å². The summed E-state index contributed by atoms with van der Waals surface area (Å²) in [6.07, 6.45) is 10.9. The minimum Gasteiger partial charge on any atom is -0.359 e. The molecule has 116 valence electrons. The highest BCUT2D eigenvalue weighted by molar-refractivity contribution is 5.71. The zero-order chi connectivity index (χ0) is 15.9. The second-order valence-electron chi connectivity index (χ2n) is 5.04. The molecule has 0 saturated heterocycles. The number of nitrogens with zero attached hydrogens (tertiary/aromatic N) is 3. The van der Waals surface area contributed by atoms with E-state index in [0.717, 1.165) is 27.8 Å². The van der Waals surface area contributed by atoms with E-state index in [2.05, 4.69) is 21.0 Å². The zero-order valence-corrected chi connectivity index (χ0v) is 12.8. The summed E-state index contributed by atoms with van der Waals surface area (Å²) in [5.41, 5.74) is 5.06. The number of aromatic nitrogens is 3. The van der Waals surface area contributed by atoms with Crippen LogP contribution in [0.5, 0.6) is 0 Å². The maximum Gasteiger partial charge on any atom is 0.146 e. The molecule has 0 saturated carbocycles. The van der Waals surface area contributed by atoms with Gasteiger partial charge in [0.05, 0.1) is 6.61 Å². The van der Waals surface area contributed by atoms with Crippen LogP contribution in [0.3, 0.4) is 0 Å². The van der Waals surface area contributed by atoms with Gasteiger partial charge in [-0.1, -0.05) is 6.07 Å². The molecule has 0 aliphatic carbocycles. The minimum absolute atomic E-state index is 0.266. The Morgan fingerprint density at radius 2 is 1.52 bits per heavy atom. The SMILES string of the molecule is COCOCc1cncc(-c2cncc(-c3cccnc3)c2)c1. The van der Waals surface area contributed by atoms with Crippen LogP contribution >= 0.6 is 0 Å². The Kier molecular flexibility index (Phi) is 5.03. The van der Waals surface area contributed by atoms with Gasteiger partial charge in [-0.3, -0.25) is 15.0 Å². The van der Waals surface area contributed by atoms with E-state index in [1.165, 1.54) is 0 Å². The fourth-order valence-corrected chi connectivity index (χ4v) is 2.26. The molecular weight excluding hydrogens is 290 g/mol. The Morgan fingerprint density at radius 1 is 0.826 bits per heavy atom. The molecule has 3 heterocycles. The lowest BCUT2D eigenvalue weighted by Gasteiger charge is -2.07. The van der Waals surface area contributed by atoms with Gasteiger partial charge in [0.1, 0.15) is 6.79 Å². The maximum atomic E-state index is 5.37. The van der Waals surface area contributed by atoms with Crippen molar-refractivity contribution in [3.63, 3.8) is 0 Å². The van der Waals surface area contributed by atoms with Crippen molar-refractivity contribution in [2.75, 3.05) is 13.9 Å². The van der Waals surface area contributed by atoms with Gasteiger partial charge in [-0.15, -0.1) is 0 Å². The summed E-state index contributed by atoms with van der Waals surface area (Å²) < 4.78 is 10.3. The van der Waals surface area contributed by atoms with Crippen molar-refractivity contribution in [3.05, 3.63) is 67.0 Å². The van der Waals surface area contributed by atoms with E-state index in [9.17, 15) is 0 Å². The molecule has 3 rings (SSSR count). The van der Waals surface area contributed by atoms with E-state index in [1.807, 2.05) is 43.0 Å². The monoisotopic (exact) mass is 307 g/mol. The molecule has 0 spiro atoms. The first-order valence-electron chi connectivity index (χ1n) is 7.23. The predicted molar refractivity (Wildman–Crippen MR) is 87.4 cm³/mol. The minimum atomic E-state index is 0.266. The quantitative estimate of drug-likeness (QED) is 0.516. The topological polar surface area (TPSA) is 57.1 Å². The Bertz CT molecular complexity index is 763. The molecule has 0 N–H and O–H groups in total. The van der Waals surface area contributed by atoms with Crippen LogP contribution in [-0.2, 0) is 16.1 Å². The molecule has 0 aliphatic heterocycles. The summed E-state index contributed by atoms with van der Waals surface area (Å²) in [6, 6.07) is 8.06. The summed E-state index contributed by atoms with van der Waals surface area (Å²) in [4.78, 5) is 12.8. The zero-order valence-electron chi connectivity index (χ0n) is 12.8. The Hall–Kier alpha value is -2.63. The first-order valence-corrected chi connectivity index (χ1v) is 7.23. The lowest BCUT2D eigenvalue weighted by atomic mass is 10.0. The first-order chi connectivity index (χ1) is 11.4. The molecule has 0 radical (unpaired) electrons. The largest absolute Gasteiger partial charge is 0.359 e. The predicted octanol–water partition coefficient (Wildman–Crippen LogP) is 3.33. The van der Waals surface area contributed by atoms with E-state index in [1.54, 1.807) is 19.5 Å². The van der Waals surface area contributed by atoms with Gasteiger partial charge in [0, 0.05) is 66.5 Å². The van der Waals surface area contributed by atoms with E-state index in [-0.39, 0.29) is 6.79 Å². The van der Waals surface area contributed by atoms with Crippen LogP contribution in [0.25, 0.3) is 22.3 Å². The van der Waals surface area contributed by atoms with Gasteiger partial charge in [0.2, 0.25) is 0 Å². The van der Waals surface area contributed by atoms with Crippen LogP contribution in [0.2, 0.25) is 0 Å². The van der Waals surface area contributed by atoms with Gasteiger partial charge in [0.25, 0.3) is 0 Å². The fraction of sp³-hybridized carbons (Fsp3) is 0.167. The molecule has 0 unspecified atom stereocenters. The first kappa shape index (κ1) is 15.3. The molecule has 0 bridgehead atoms. The second kappa shape index (κ2) is 7.58. The van der Waals surface area contributed by atoms with Crippen LogP contribution in [0.4, 0.5) is 0 Å². The molecule has 5 heteroatoms. The summed E-state index contributed by atoms with van der Waals surface area (Å²) in [6.45, 7) is 0.729. The Balaban J connectivity index is 1.86. The number of methoxy groups -OCH3 is 1. The molecule has 0 aromatic carbocycles. The Labute approximate surface area is 135 Å². The Morgan fingerprint density at radius 3 is 2.26 bits per heavy atom. The number of hydrogen-bond acceptors (Lipinski definition) is 5. The lowest BCUT2D eigenvalue weighted by molar-refractivity contribution is -0.0391. The third-order valence-electron chi connectivity index (χ3n) is 3.33. The standard InChI is InChI=1S/C18H17N3O2/c1-22-13-23-12-14-5-16(9-20-7-14)18-6-17(10-21-11-18)15-3-2-4-19-8-15/h2-11H,12-13H2,1H3. The van der Waals surface area contributed by atoms with Crippen LogP contribution in [0, 0.1) is 0 Å². The number of pyridine rings is 3. The highest BCUT2D eigenvalue weighted by Crippen LogP contribution is 2.24. The van der Waals surface area contributed by atoms with Crippen LogP contribution in [0.15, 0.2) is 61.4 Å². The third-order valence-corrected chi connectivity index (χ3v) is 3.33. The second-order valence-corrected chi connectivity index (χ2v) is 5.04. The maximum absolute atomic E-state index is 5.37. The van der Waals surface area contributed by atoms with E-state index < -0.39 is 0 Å². The summed E-state index contributed by atoms with van der Waals surface area (Å²) in [5.74, 6) is 0. The van der Waals surface area contributed by atoms with E-state index in [4.69, 9.17) is 9.47 Å². The average Bonchev–Trinajstić information content (AvgIpc) is 2.63. The number of hydrogen-bond donors (Lipinski definition) is 0. The number of ether oxygens (including phenoxy) is 2. The molecule has 0 amide bonds. The van der Waals surface area contributed by atoms with Gasteiger partial charge in [-0.2, -0.15) is 0 Å². The smallest absolute Gasteiger partial charge is 0.146 e. The van der Waals surface area contributed by atoms with Gasteiger partial charge < -0.3 is 9.47 Å². The van der Waals surface area contributed by atoms with Crippen molar-refractivity contribution in [3.8, 4) is 22.3 Å². The van der Waals surface area contributed by atoms with E-state index >= 15 is 0 Å². The lowest BCUT2D eigenvalue weighted by Crippen LogP contribution is -1.97. The number of rotatable bonds is 6. The summed E-state index contributed by atoms with van der Waals surface area (Å²) in [7, 11) is 1.60. The normalized spacial score (nSPS) is 10.7. The molecule has 3 aromatic rings. The van der Waals surface area contributed by atoms with Crippen molar-refractivity contribution in [1.82, 2.24) is 15.0 Å². The summed E-state index contributed by atoms with van der Waals surface area (Å²) in [5, 5.41) is 0. The highest BCUT2D eigenvalue weighted by Gasteiger charge is 2.04. The van der Waals surface area contributed by atoms with Gasteiger partial charge in [-0.25, -0.2) is 0 Å². The van der Waals surface area contributed by atoms with E-state index in [0.29, 0.717) is 6.61 Å². The summed E-state index contributed by atoms with van der Waals surface area (Å²) >= 11 is 0. The molecule has 0 fully saturated rings. The van der Waals surface area contributed by atoms with Crippen molar-refractivity contribution in [2.45, 2.75) is 6.61 Å². The van der Waals surface area contributed by atoms with Crippen molar-refractivity contribution < 1.29 is 9.47 Å². The molecule has 0 aliphatic rings. The van der Waals surface area contributed by atoms with Crippen molar-refractivity contribution >= 4 is 0 Å². The van der Waals surface area contributed by atoms with Crippen molar-refractivity contribution in [2.24, 2.45) is 0 Å². The van der Waals surface area contributed by atoms with Crippen LogP contribution < -0.4 is 0 Å². The van der Waals surface area contributed by atoms with Gasteiger partial charge in [-0.05, 0) is 23.8 Å². The highest BCUT2D eigenvalue weighted by atomic mass is 16.7. The molecule has 0 atom stereocenters.